The van der Waals surface area contributed by atoms with E-state index in [4.69, 9.17) is 23.2 Å². The summed E-state index contributed by atoms with van der Waals surface area (Å²) in [6.07, 6.45) is 3.07. The molecule has 0 atom stereocenters. The normalized spacial score (nSPS) is 8.22. The molecular weight excluding hydrogens is 161 g/mol. The van der Waals surface area contributed by atoms with E-state index in [1.807, 2.05) is 0 Å². The van der Waals surface area contributed by atoms with Crippen molar-refractivity contribution in [3.63, 3.8) is 0 Å². The van der Waals surface area contributed by atoms with Crippen molar-refractivity contribution in [1.29, 1.82) is 0 Å². The van der Waals surface area contributed by atoms with Gasteiger partial charge in [-0.1, -0.05) is 23.2 Å². The van der Waals surface area contributed by atoms with Gasteiger partial charge in [0.05, 0.1) is 10.0 Å². The van der Waals surface area contributed by atoms with E-state index in [9.17, 15) is 0 Å². The Bertz CT molecular complexity index is 175. The molecule has 1 rings (SSSR count). The van der Waals surface area contributed by atoms with Crippen LogP contribution in [-0.2, 0) is 0 Å². The molecule has 0 amide bonds. The molecule has 1 aromatic heterocycles. The lowest BCUT2D eigenvalue weighted by Crippen LogP contribution is -1.68. The maximum atomic E-state index is 5.50. The third-order valence-electron chi connectivity index (χ3n) is 0.672. The van der Waals surface area contributed by atoms with Gasteiger partial charge in [0.1, 0.15) is 0 Å². The summed E-state index contributed by atoms with van der Waals surface area (Å²) in [5, 5.41) is 1.13. The number of rotatable bonds is 0. The van der Waals surface area contributed by atoms with Gasteiger partial charge in [0.25, 0.3) is 0 Å². The SMILES string of the molecule is Clc1cncc(Cl)c1.O. The van der Waals surface area contributed by atoms with Gasteiger partial charge in [0.2, 0.25) is 0 Å². The molecule has 0 fully saturated rings. The van der Waals surface area contributed by atoms with Crippen molar-refractivity contribution in [1.82, 2.24) is 4.98 Å². The van der Waals surface area contributed by atoms with E-state index in [2.05, 4.69) is 4.98 Å². The van der Waals surface area contributed by atoms with Crippen LogP contribution in [0.1, 0.15) is 0 Å². The Morgan fingerprint density at radius 3 is 1.78 bits per heavy atom. The van der Waals surface area contributed by atoms with E-state index < -0.39 is 0 Å². The number of hydrogen-bond donors (Lipinski definition) is 0. The quantitative estimate of drug-likeness (QED) is 0.576. The van der Waals surface area contributed by atoms with Gasteiger partial charge >= 0.3 is 0 Å². The van der Waals surface area contributed by atoms with Crippen LogP contribution in [0.25, 0.3) is 0 Å². The van der Waals surface area contributed by atoms with Crippen LogP contribution in [-0.4, -0.2) is 10.5 Å². The molecule has 0 saturated heterocycles. The molecule has 9 heavy (non-hydrogen) atoms. The molecule has 2 N–H and O–H groups in total. The van der Waals surface area contributed by atoms with Crippen molar-refractivity contribution in [2.45, 2.75) is 0 Å². The molecule has 50 valence electrons. The smallest absolute Gasteiger partial charge is 0.0604 e. The molecule has 1 heterocycles. The average Bonchev–Trinajstić information content (AvgIpc) is 1.64. The molecule has 0 aliphatic heterocycles. The summed E-state index contributed by atoms with van der Waals surface area (Å²) < 4.78 is 0. The summed E-state index contributed by atoms with van der Waals surface area (Å²) >= 11 is 11.0. The first kappa shape index (κ1) is 8.69. The molecule has 0 aliphatic rings. The van der Waals surface area contributed by atoms with Crippen LogP contribution in [0.3, 0.4) is 0 Å². The summed E-state index contributed by atoms with van der Waals surface area (Å²) in [6.45, 7) is 0. The molecule has 0 unspecified atom stereocenters. The number of nitrogens with zero attached hydrogens (tertiary/aromatic N) is 1. The van der Waals surface area contributed by atoms with E-state index in [0.29, 0.717) is 10.0 Å². The standard InChI is InChI=1S/C5H3Cl2N.H2O/c6-4-1-5(7)3-8-2-4;/h1-3H;1H2. The van der Waals surface area contributed by atoms with Crippen LogP contribution in [0.5, 0.6) is 0 Å². The number of hydrogen-bond acceptors (Lipinski definition) is 1. The van der Waals surface area contributed by atoms with Crippen LogP contribution in [0.2, 0.25) is 10.0 Å². The van der Waals surface area contributed by atoms with Gasteiger partial charge < -0.3 is 5.48 Å². The summed E-state index contributed by atoms with van der Waals surface area (Å²) in [5.41, 5.74) is 0. The zero-order valence-corrected chi connectivity index (χ0v) is 5.95. The summed E-state index contributed by atoms with van der Waals surface area (Å²) in [7, 11) is 0. The fraction of sp³-hybridized carbons (Fsp3) is 0. The third-order valence-corrected chi connectivity index (χ3v) is 1.08. The highest BCUT2D eigenvalue weighted by Crippen LogP contribution is 2.11. The molecule has 0 aliphatic carbocycles. The highest BCUT2D eigenvalue weighted by atomic mass is 35.5. The molecule has 4 heteroatoms. The summed E-state index contributed by atoms with van der Waals surface area (Å²) in [5.74, 6) is 0. The Morgan fingerprint density at radius 1 is 1.11 bits per heavy atom. The van der Waals surface area contributed by atoms with E-state index in [1.165, 1.54) is 12.4 Å². The maximum absolute atomic E-state index is 5.50. The fourth-order valence-corrected chi connectivity index (χ4v) is 0.790. The Labute approximate surface area is 62.7 Å². The van der Waals surface area contributed by atoms with Crippen molar-refractivity contribution in [2.75, 3.05) is 0 Å². The second kappa shape index (κ2) is 3.67. The third kappa shape index (κ3) is 2.65. The molecule has 0 saturated carbocycles. The molecule has 0 bridgehead atoms. The van der Waals surface area contributed by atoms with Crippen LogP contribution in [0.15, 0.2) is 18.5 Å². The van der Waals surface area contributed by atoms with Gasteiger partial charge in [-0.3, -0.25) is 4.98 Å². The van der Waals surface area contributed by atoms with Crippen LogP contribution < -0.4 is 0 Å². The van der Waals surface area contributed by atoms with E-state index >= 15 is 0 Å². The Morgan fingerprint density at radius 2 is 1.56 bits per heavy atom. The first-order chi connectivity index (χ1) is 3.79. The Hall–Kier alpha value is -0.310. The average molecular weight is 166 g/mol. The predicted octanol–water partition coefficient (Wildman–Crippen LogP) is 1.56. The zero-order valence-electron chi connectivity index (χ0n) is 4.44. The van der Waals surface area contributed by atoms with E-state index in [-0.39, 0.29) is 5.48 Å². The lowest BCUT2D eigenvalue weighted by molar-refractivity contribution is 0.824. The zero-order chi connectivity index (χ0) is 5.98. The predicted molar refractivity (Wildman–Crippen MR) is 37.9 cm³/mol. The largest absolute Gasteiger partial charge is 0.412 e. The van der Waals surface area contributed by atoms with Crippen molar-refractivity contribution in [3.8, 4) is 0 Å². The maximum Gasteiger partial charge on any atom is 0.0604 e. The number of aromatic nitrogens is 1. The van der Waals surface area contributed by atoms with Crippen molar-refractivity contribution in [2.24, 2.45) is 0 Å². The highest BCUT2D eigenvalue weighted by Gasteiger charge is 1.86. The second-order valence-electron chi connectivity index (χ2n) is 1.32. The first-order valence-corrected chi connectivity index (χ1v) is 2.80. The molecular formula is C5H5Cl2NO. The van der Waals surface area contributed by atoms with Crippen LogP contribution >= 0.6 is 23.2 Å². The van der Waals surface area contributed by atoms with Crippen LogP contribution in [0, 0.1) is 0 Å². The topological polar surface area (TPSA) is 44.4 Å². The molecule has 0 radical (unpaired) electrons. The molecule has 0 spiro atoms. The number of halogens is 2. The van der Waals surface area contributed by atoms with Gasteiger partial charge in [-0.05, 0) is 6.07 Å². The van der Waals surface area contributed by atoms with Crippen LogP contribution in [0.4, 0.5) is 0 Å². The molecule has 0 aromatic carbocycles. The van der Waals surface area contributed by atoms with Gasteiger partial charge in [-0.2, -0.15) is 0 Å². The minimum Gasteiger partial charge on any atom is -0.412 e. The Balaban J connectivity index is 0.000000640. The fourth-order valence-electron chi connectivity index (χ4n) is 0.386. The lowest BCUT2D eigenvalue weighted by Gasteiger charge is -1.85. The second-order valence-corrected chi connectivity index (χ2v) is 2.19. The van der Waals surface area contributed by atoms with Crippen molar-refractivity contribution < 1.29 is 5.48 Å². The summed E-state index contributed by atoms with van der Waals surface area (Å²) in [6, 6.07) is 1.64. The van der Waals surface area contributed by atoms with Gasteiger partial charge in [-0.25, -0.2) is 0 Å². The monoisotopic (exact) mass is 165 g/mol. The minimum absolute atomic E-state index is 0. The summed E-state index contributed by atoms with van der Waals surface area (Å²) in [4.78, 5) is 3.72. The lowest BCUT2D eigenvalue weighted by atomic mass is 10.5. The van der Waals surface area contributed by atoms with E-state index in [1.54, 1.807) is 6.07 Å². The number of pyridine rings is 1. The first-order valence-electron chi connectivity index (χ1n) is 2.05. The highest BCUT2D eigenvalue weighted by molar-refractivity contribution is 6.34. The van der Waals surface area contributed by atoms with Crippen molar-refractivity contribution in [3.05, 3.63) is 28.5 Å². The van der Waals surface area contributed by atoms with Gasteiger partial charge in [-0.15, -0.1) is 0 Å². The van der Waals surface area contributed by atoms with Gasteiger partial charge in [0.15, 0.2) is 0 Å². The molecule has 2 nitrogen and oxygen atoms in total. The Kier molecular flexibility index (Phi) is 3.54. The van der Waals surface area contributed by atoms with E-state index in [0.717, 1.165) is 0 Å². The van der Waals surface area contributed by atoms with Crippen molar-refractivity contribution >= 4 is 23.2 Å². The molecule has 1 aromatic rings. The minimum atomic E-state index is 0. The van der Waals surface area contributed by atoms with Gasteiger partial charge in [0, 0.05) is 12.4 Å².